The van der Waals surface area contributed by atoms with Crippen molar-refractivity contribution in [1.82, 2.24) is 5.32 Å². The number of anilines is 1. The summed E-state index contributed by atoms with van der Waals surface area (Å²) in [5.41, 5.74) is 3.16. The highest BCUT2D eigenvalue weighted by Crippen LogP contribution is 2.22. The van der Waals surface area contributed by atoms with Crippen LogP contribution in [-0.4, -0.2) is 18.5 Å². The molecule has 1 aliphatic rings. The van der Waals surface area contributed by atoms with Crippen LogP contribution < -0.4 is 10.6 Å². The number of hydrogen-bond acceptors (Lipinski definition) is 2. The first-order chi connectivity index (χ1) is 7.16. The van der Waals surface area contributed by atoms with E-state index in [-0.39, 0.29) is 11.9 Å². The van der Waals surface area contributed by atoms with Gasteiger partial charge in [0.05, 0.1) is 0 Å². The second kappa shape index (κ2) is 3.93. The molecule has 0 spiro atoms. The van der Waals surface area contributed by atoms with E-state index in [2.05, 4.69) is 10.6 Å². The number of carbonyl (C=O) groups excluding carboxylic acids is 1. The van der Waals surface area contributed by atoms with Gasteiger partial charge in [0.1, 0.15) is 0 Å². The number of nitrogens with one attached hydrogen (secondary N) is 2. The van der Waals surface area contributed by atoms with Crippen LogP contribution in [-0.2, 0) is 6.42 Å². The fourth-order valence-electron chi connectivity index (χ4n) is 1.79. The van der Waals surface area contributed by atoms with E-state index in [1.165, 1.54) is 5.56 Å². The zero-order valence-corrected chi connectivity index (χ0v) is 9.13. The van der Waals surface area contributed by atoms with Crippen LogP contribution in [0.15, 0.2) is 18.2 Å². The van der Waals surface area contributed by atoms with Gasteiger partial charge in [0.2, 0.25) is 0 Å². The molecule has 2 rings (SSSR count). The fourth-order valence-corrected chi connectivity index (χ4v) is 1.79. The molecule has 3 heteroatoms. The summed E-state index contributed by atoms with van der Waals surface area (Å²) in [6.07, 6.45) is 1.01. The fraction of sp³-hybridized carbons (Fsp3) is 0.417. The van der Waals surface area contributed by atoms with Gasteiger partial charge in [-0.1, -0.05) is 0 Å². The summed E-state index contributed by atoms with van der Waals surface area (Å²) in [5.74, 6) is 0.0136. The predicted octanol–water partition coefficient (Wildman–Crippen LogP) is 1.79. The summed E-state index contributed by atoms with van der Waals surface area (Å²) < 4.78 is 0. The average molecular weight is 204 g/mol. The zero-order chi connectivity index (χ0) is 10.8. The molecule has 0 unspecified atom stereocenters. The van der Waals surface area contributed by atoms with E-state index >= 15 is 0 Å². The lowest BCUT2D eigenvalue weighted by atomic mass is 10.1. The van der Waals surface area contributed by atoms with Crippen LogP contribution in [0.5, 0.6) is 0 Å². The molecule has 0 aromatic heterocycles. The Balaban J connectivity index is 2.19. The van der Waals surface area contributed by atoms with Crippen LogP contribution >= 0.6 is 0 Å². The van der Waals surface area contributed by atoms with Crippen LogP contribution in [0.3, 0.4) is 0 Å². The number of rotatable bonds is 2. The molecule has 1 aliphatic heterocycles. The largest absolute Gasteiger partial charge is 0.384 e. The minimum atomic E-state index is 0.0136. The Labute approximate surface area is 89.9 Å². The highest BCUT2D eigenvalue weighted by Gasteiger charge is 2.13. The number of amides is 1. The van der Waals surface area contributed by atoms with Crippen molar-refractivity contribution < 1.29 is 4.79 Å². The van der Waals surface area contributed by atoms with Crippen LogP contribution in [0.1, 0.15) is 29.8 Å². The Morgan fingerprint density at radius 3 is 3.00 bits per heavy atom. The van der Waals surface area contributed by atoms with Crippen molar-refractivity contribution in [3.8, 4) is 0 Å². The lowest BCUT2D eigenvalue weighted by Gasteiger charge is -2.09. The Bertz CT molecular complexity index is 385. The third kappa shape index (κ3) is 2.12. The van der Waals surface area contributed by atoms with Crippen LogP contribution in [0, 0.1) is 0 Å². The Morgan fingerprint density at radius 1 is 1.47 bits per heavy atom. The monoisotopic (exact) mass is 204 g/mol. The van der Waals surface area contributed by atoms with Gasteiger partial charge in [-0.05, 0) is 44.0 Å². The summed E-state index contributed by atoms with van der Waals surface area (Å²) in [6.45, 7) is 4.91. The van der Waals surface area contributed by atoms with Gasteiger partial charge in [0, 0.05) is 23.8 Å². The molecule has 0 fully saturated rings. The third-order valence-electron chi connectivity index (χ3n) is 2.50. The second-order valence-electron chi connectivity index (χ2n) is 4.18. The summed E-state index contributed by atoms with van der Waals surface area (Å²) in [6, 6.07) is 6.02. The summed E-state index contributed by atoms with van der Waals surface area (Å²) in [7, 11) is 0. The maximum absolute atomic E-state index is 11.7. The van der Waals surface area contributed by atoms with Gasteiger partial charge in [0.25, 0.3) is 5.91 Å². The van der Waals surface area contributed by atoms with Gasteiger partial charge in [0.15, 0.2) is 0 Å². The van der Waals surface area contributed by atoms with Gasteiger partial charge in [-0.25, -0.2) is 0 Å². The molecule has 80 valence electrons. The smallest absolute Gasteiger partial charge is 0.251 e. The van der Waals surface area contributed by atoms with Crippen molar-refractivity contribution in [2.75, 3.05) is 11.9 Å². The lowest BCUT2D eigenvalue weighted by molar-refractivity contribution is 0.0943. The van der Waals surface area contributed by atoms with E-state index in [4.69, 9.17) is 0 Å². The van der Waals surface area contributed by atoms with Crippen molar-refractivity contribution in [3.05, 3.63) is 29.3 Å². The quantitative estimate of drug-likeness (QED) is 0.771. The molecular weight excluding hydrogens is 188 g/mol. The molecule has 0 saturated heterocycles. The number of carbonyl (C=O) groups is 1. The van der Waals surface area contributed by atoms with Crippen molar-refractivity contribution in [2.45, 2.75) is 26.3 Å². The van der Waals surface area contributed by atoms with Gasteiger partial charge >= 0.3 is 0 Å². The predicted molar refractivity (Wildman–Crippen MR) is 61.2 cm³/mol. The van der Waals surface area contributed by atoms with Crippen molar-refractivity contribution in [3.63, 3.8) is 0 Å². The molecule has 1 aromatic carbocycles. The number of fused-ring (bicyclic) bond motifs is 1. The molecule has 1 amide bonds. The second-order valence-corrected chi connectivity index (χ2v) is 4.18. The minimum absolute atomic E-state index is 0.0136. The standard InChI is InChI=1S/C12H16N2O/c1-8(2)14-12(15)10-3-4-11-9(7-10)5-6-13-11/h3-4,7-8,13H,5-6H2,1-2H3,(H,14,15). The average Bonchev–Trinajstić information content (AvgIpc) is 2.62. The van der Waals surface area contributed by atoms with Crippen molar-refractivity contribution in [2.24, 2.45) is 0 Å². The molecule has 15 heavy (non-hydrogen) atoms. The van der Waals surface area contributed by atoms with Gasteiger partial charge < -0.3 is 10.6 Å². The summed E-state index contributed by atoms with van der Waals surface area (Å²) >= 11 is 0. The molecule has 0 saturated carbocycles. The van der Waals surface area contributed by atoms with Crippen LogP contribution in [0.25, 0.3) is 0 Å². The van der Waals surface area contributed by atoms with Crippen molar-refractivity contribution >= 4 is 11.6 Å². The molecule has 2 N–H and O–H groups in total. The SMILES string of the molecule is CC(C)NC(=O)c1ccc2c(c1)CCN2. The Kier molecular flexibility index (Phi) is 2.62. The highest BCUT2D eigenvalue weighted by molar-refractivity contribution is 5.95. The zero-order valence-electron chi connectivity index (χ0n) is 9.13. The molecule has 0 aliphatic carbocycles. The Hall–Kier alpha value is -1.51. The number of hydrogen-bond donors (Lipinski definition) is 2. The number of benzene rings is 1. The van der Waals surface area contributed by atoms with E-state index in [0.29, 0.717) is 0 Å². The minimum Gasteiger partial charge on any atom is -0.384 e. The maximum Gasteiger partial charge on any atom is 0.251 e. The first-order valence-electron chi connectivity index (χ1n) is 5.34. The van der Waals surface area contributed by atoms with Gasteiger partial charge in [-0.2, -0.15) is 0 Å². The molecule has 0 radical (unpaired) electrons. The molecule has 3 nitrogen and oxygen atoms in total. The first kappa shape index (κ1) is 10.0. The topological polar surface area (TPSA) is 41.1 Å². The molecule has 1 heterocycles. The third-order valence-corrected chi connectivity index (χ3v) is 2.50. The van der Waals surface area contributed by atoms with E-state index in [9.17, 15) is 4.79 Å². The van der Waals surface area contributed by atoms with E-state index in [1.54, 1.807) is 0 Å². The van der Waals surface area contributed by atoms with E-state index in [1.807, 2.05) is 32.0 Å². The maximum atomic E-state index is 11.7. The van der Waals surface area contributed by atoms with Crippen molar-refractivity contribution in [1.29, 1.82) is 0 Å². The molecular formula is C12H16N2O. The van der Waals surface area contributed by atoms with Gasteiger partial charge in [-0.15, -0.1) is 0 Å². The van der Waals surface area contributed by atoms with Crippen LogP contribution in [0.4, 0.5) is 5.69 Å². The lowest BCUT2D eigenvalue weighted by Crippen LogP contribution is -2.30. The van der Waals surface area contributed by atoms with E-state index < -0.39 is 0 Å². The highest BCUT2D eigenvalue weighted by atomic mass is 16.1. The summed E-state index contributed by atoms with van der Waals surface area (Å²) in [5, 5.41) is 6.17. The first-order valence-corrected chi connectivity index (χ1v) is 5.34. The molecule has 0 bridgehead atoms. The normalized spacial score (nSPS) is 13.5. The molecule has 0 atom stereocenters. The molecule has 1 aromatic rings. The Morgan fingerprint density at radius 2 is 2.27 bits per heavy atom. The van der Waals surface area contributed by atoms with E-state index in [0.717, 1.165) is 24.2 Å². The van der Waals surface area contributed by atoms with Crippen LogP contribution in [0.2, 0.25) is 0 Å². The van der Waals surface area contributed by atoms with Gasteiger partial charge in [-0.3, -0.25) is 4.79 Å². The summed E-state index contributed by atoms with van der Waals surface area (Å²) in [4.78, 5) is 11.7.